The van der Waals surface area contributed by atoms with Gasteiger partial charge in [-0.15, -0.1) is 0 Å². The van der Waals surface area contributed by atoms with Gasteiger partial charge in [0.2, 0.25) is 0 Å². The minimum Gasteiger partial charge on any atom is -0.421 e. The van der Waals surface area contributed by atoms with Crippen molar-refractivity contribution in [1.82, 2.24) is 0 Å². The van der Waals surface area contributed by atoms with Gasteiger partial charge in [0.15, 0.2) is 5.69 Å². The normalized spacial score (nSPS) is 10.6. The second-order valence-electron chi connectivity index (χ2n) is 6.68. The van der Waals surface area contributed by atoms with Crippen LogP contribution >= 0.6 is 0 Å². The first-order valence-electron chi connectivity index (χ1n) is 9.38. The lowest BCUT2D eigenvalue weighted by molar-refractivity contribution is 0.262. The van der Waals surface area contributed by atoms with Crippen LogP contribution in [0.3, 0.4) is 0 Å². The molecule has 0 aliphatic carbocycles. The van der Waals surface area contributed by atoms with Gasteiger partial charge >= 0.3 is 11.7 Å². The van der Waals surface area contributed by atoms with Crippen LogP contribution < -0.4 is 21.6 Å². The fraction of sp³-hybridized carbons (Fsp3) is 0.0435. The molecule has 3 aromatic carbocycles. The van der Waals surface area contributed by atoms with Gasteiger partial charge in [0.1, 0.15) is 17.2 Å². The maximum absolute atomic E-state index is 13.8. The summed E-state index contributed by atoms with van der Waals surface area (Å²) in [6, 6.07) is 18.2. The summed E-state index contributed by atoms with van der Waals surface area (Å²) in [6.07, 6.45) is 0. The second kappa shape index (κ2) is 8.66. The minimum absolute atomic E-state index is 0.130. The van der Waals surface area contributed by atoms with E-state index in [1.807, 2.05) is 30.3 Å². The van der Waals surface area contributed by atoms with Crippen molar-refractivity contribution in [3.8, 4) is 0 Å². The van der Waals surface area contributed by atoms with E-state index in [-0.39, 0.29) is 11.4 Å². The van der Waals surface area contributed by atoms with Crippen molar-refractivity contribution >= 4 is 34.1 Å². The van der Waals surface area contributed by atoms with Crippen LogP contribution in [0.15, 0.2) is 82.0 Å². The molecule has 6 nitrogen and oxygen atoms in total. The van der Waals surface area contributed by atoms with Gasteiger partial charge in [-0.3, -0.25) is 5.32 Å². The number of para-hydroxylation sites is 1. The summed E-state index contributed by atoms with van der Waals surface area (Å²) in [6.45, 7) is 0.386. The SMILES string of the molecule is O=C(Nc1ccc(F)cc1F)Nc1c(NCc2ccccc2)c2ccccc2oc1=O. The molecule has 8 heteroatoms. The quantitative estimate of drug-likeness (QED) is 0.381. The molecule has 4 aromatic rings. The lowest BCUT2D eigenvalue weighted by Crippen LogP contribution is -2.25. The average molecular weight is 421 g/mol. The van der Waals surface area contributed by atoms with Gasteiger partial charge in [-0.1, -0.05) is 42.5 Å². The molecule has 1 aromatic heterocycles. The molecular weight excluding hydrogens is 404 g/mol. The number of rotatable bonds is 5. The van der Waals surface area contributed by atoms with Crippen LogP contribution in [0.1, 0.15) is 5.56 Å². The standard InChI is InChI=1S/C23H17F2N3O3/c24-15-10-11-18(17(25)12-15)27-23(30)28-21-20(26-13-14-6-2-1-3-7-14)16-8-4-5-9-19(16)31-22(21)29/h1-12,26H,13H2,(H2,27,28,30). The molecule has 0 aliphatic heterocycles. The number of nitrogens with one attached hydrogen (secondary N) is 3. The van der Waals surface area contributed by atoms with Gasteiger partial charge in [-0.25, -0.2) is 18.4 Å². The third-order valence-electron chi connectivity index (χ3n) is 4.54. The molecule has 0 atom stereocenters. The van der Waals surface area contributed by atoms with Gasteiger partial charge in [-0.05, 0) is 29.8 Å². The molecule has 0 aliphatic rings. The van der Waals surface area contributed by atoms with Crippen LogP contribution in [0.2, 0.25) is 0 Å². The van der Waals surface area contributed by atoms with Crippen molar-refractivity contribution in [2.45, 2.75) is 6.54 Å². The molecule has 0 unspecified atom stereocenters. The number of hydrogen-bond acceptors (Lipinski definition) is 4. The Bertz CT molecular complexity index is 1310. The molecule has 1 heterocycles. The Morgan fingerprint density at radius 2 is 1.61 bits per heavy atom. The zero-order valence-electron chi connectivity index (χ0n) is 16.1. The first-order valence-corrected chi connectivity index (χ1v) is 9.38. The Morgan fingerprint density at radius 3 is 2.39 bits per heavy atom. The fourth-order valence-electron chi connectivity index (χ4n) is 3.09. The van der Waals surface area contributed by atoms with E-state index in [2.05, 4.69) is 16.0 Å². The number of amides is 2. The molecule has 0 bridgehead atoms. The van der Waals surface area contributed by atoms with Gasteiger partial charge in [0.05, 0.1) is 11.4 Å². The van der Waals surface area contributed by atoms with E-state index in [0.29, 0.717) is 29.3 Å². The van der Waals surface area contributed by atoms with Crippen LogP contribution in [0, 0.1) is 11.6 Å². The highest BCUT2D eigenvalue weighted by molar-refractivity contribution is 6.05. The summed E-state index contributed by atoms with van der Waals surface area (Å²) in [5.41, 5.74) is 0.536. The predicted octanol–water partition coefficient (Wildman–Crippen LogP) is 5.33. The van der Waals surface area contributed by atoms with E-state index in [0.717, 1.165) is 17.7 Å². The molecule has 0 saturated heterocycles. The van der Waals surface area contributed by atoms with Crippen LogP contribution in [-0.2, 0) is 6.54 Å². The fourth-order valence-corrected chi connectivity index (χ4v) is 3.09. The molecule has 4 rings (SSSR count). The third-order valence-corrected chi connectivity index (χ3v) is 4.54. The van der Waals surface area contributed by atoms with E-state index in [4.69, 9.17) is 4.42 Å². The summed E-state index contributed by atoms with van der Waals surface area (Å²) in [4.78, 5) is 25.0. The molecule has 156 valence electrons. The highest BCUT2D eigenvalue weighted by Crippen LogP contribution is 2.29. The van der Waals surface area contributed by atoms with Crippen LogP contribution in [-0.4, -0.2) is 6.03 Å². The average Bonchev–Trinajstić information content (AvgIpc) is 2.76. The highest BCUT2D eigenvalue weighted by Gasteiger charge is 2.18. The smallest absolute Gasteiger partial charge is 0.362 e. The van der Waals surface area contributed by atoms with Crippen LogP contribution in [0.25, 0.3) is 11.0 Å². The Labute approximate surface area is 175 Å². The zero-order chi connectivity index (χ0) is 21.8. The van der Waals surface area contributed by atoms with Crippen molar-refractivity contribution in [2.75, 3.05) is 16.0 Å². The number of anilines is 3. The lowest BCUT2D eigenvalue weighted by Gasteiger charge is -2.15. The predicted molar refractivity (Wildman–Crippen MR) is 115 cm³/mol. The largest absolute Gasteiger partial charge is 0.421 e. The van der Waals surface area contributed by atoms with Crippen molar-refractivity contribution in [2.24, 2.45) is 0 Å². The lowest BCUT2D eigenvalue weighted by atomic mass is 10.1. The third kappa shape index (κ3) is 4.53. The summed E-state index contributed by atoms with van der Waals surface area (Å²) in [5.74, 6) is -1.71. The van der Waals surface area contributed by atoms with E-state index >= 15 is 0 Å². The summed E-state index contributed by atoms with van der Waals surface area (Å²) in [7, 11) is 0. The van der Waals surface area contributed by atoms with Crippen molar-refractivity contribution < 1.29 is 18.0 Å². The van der Waals surface area contributed by atoms with E-state index in [1.165, 1.54) is 0 Å². The van der Waals surface area contributed by atoms with Crippen LogP contribution in [0.5, 0.6) is 0 Å². The monoisotopic (exact) mass is 421 g/mol. The topological polar surface area (TPSA) is 83.4 Å². The molecule has 0 spiro atoms. The van der Waals surface area contributed by atoms with E-state index in [1.54, 1.807) is 24.3 Å². The second-order valence-corrected chi connectivity index (χ2v) is 6.68. The van der Waals surface area contributed by atoms with E-state index < -0.39 is 23.3 Å². The molecule has 0 fully saturated rings. The summed E-state index contributed by atoms with van der Waals surface area (Å²) >= 11 is 0. The number of benzene rings is 3. The first-order chi connectivity index (χ1) is 15.0. The highest BCUT2D eigenvalue weighted by atomic mass is 19.1. The van der Waals surface area contributed by atoms with Crippen molar-refractivity contribution in [3.05, 3.63) is 100 Å². The van der Waals surface area contributed by atoms with Crippen molar-refractivity contribution in [3.63, 3.8) is 0 Å². The first kappa shape index (κ1) is 20.1. The van der Waals surface area contributed by atoms with Gasteiger partial charge < -0.3 is 15.1 Å². The number of carbonyl (C=O) groups excluding carboxylic acids is 1. The Kier molecular flexibility index (Phi) is 5.61. The van der Waals surface area contributed by atoms with Gasteiger partial charge in [-0.2, -0.15) is 0 Å². The van der Waals surface area contributed by atoms with Crippen LogP contribution in [0.4, 0.5) is 30.6 Å². The number of hydrogen-bond donors (Lipinski definition) is 3. The number of halogens is 2. The number of carbonyl (C=O) groups is 1. The molecule has 3 N–H and O–H groups in total. The summed E-state index contributed by atoms with van der Waals surface area (Å²) in [5, 5.41) is 8.44. The van der Waals surface area contributed by atoms with Crippen molar-refractivity contribution in [1.29, 1.82) is 0 Å². The molecule has 0 saturated carbocycles. The molecule has 31 heavy (non-hydrogen) atoms. The Balaban J connectivity index is 1.66. The molecular formula is C23H17F2N3O3. The Morgan fingerprint density at radius 1 is 0.871 bits per heavy atom. The minimum atomic E-state index is -0.942. The number of fused-ring (bicyclic) bond motifs is 1. The molecule has 2 amide bonds. The number of urea groups is 1. The zero-order valence-corrected chi connectivity index (χ0v) is 16.1. The summed E-state index contributed by atoms with van der Waals surface area (Å²) < 4.78 is 32.2. The Hall–Kier alpha value is -4.20. The maximum atomic E-state index is 13.8. The maximum Gasteiger partial charge on any atom is 0.362 e. The molecule has 0 radical (unpaired) electrons. The van der Waals surface area contributed by atoms with Gasteiger partial charge in [0, 0.05) is 18.0 Å². The van der Waals surface area contributed by atoms with E-state index in [9.17, 15) is 18.4 Å². The van der Waals surface area contributed by atoms with Gasteiger partial charge in [0.25, 0.3) is 0 Å².